The lowest BCUT2D eigenvalue weighted by Gasteiger charge is -2.34. The van der Waals surface area contributed by atoms with Crippen LogP contribution in [0.4, 0.5) is 13.2 Å². The highest BCUT2D eigenvalue weighted by atomic mass is 19.4. The van der Waals surface area contributed by atoms with Crippen LogP contribution in [-0.4, -0.2) is 28.0 Å². The number of carbonyl (C=O) groups is 1. The van der Waals surface area contributed by atoms with Gasteiger partial charge in [-0.15, -0.1) is 0 Å². The van der Waals surface area contributed by atoms with E-state index in [0.29, 0.717) is 25.3 Å². The number of hydrogen-bond donors (Lipinski definition) is 0. The van der Waals surface area contributed by atoms with Crippen molar-refractivity contribution in [2.24, 2.45) is 0 Å². The van der Waals surface area contributed by atoms with Gasteiger partial charge in [-0.25, -0.2) is 0 Å². The number of rotatable bonds is 9. The van der Waals surface area contributed by atoms with Crippen molar-refractivity contribution in [3.05, 3.63) is 95.3 Å². The van der Waals surface area contributed by atoms with Crippen LogP contribution in [0.5, 0.6) is 0 Å². The molecule has 4 rings (SSSR count). The van der Waals surface area contributed by atoms with Crippen LogP contribution < -0.4 is 0 Å². The summed E-state index contributed by atoms with van der Waals surface area (Å²) in [7, 11) is 0. The van der Waals surface area contributed by atoms with Gasteiger partial charge >= 0.3 is 6.18 Å². The third-order valence-corrected chi connectivity index (χ3v) is 6.54. The van der Waals surface area contributed by atoms with Gasteiger partial charge in [0.15, 0.2) is 0 Å². The molecule has 0 atom stereocenters. The fraction of sp³-hybridized carbons (Fsp3) is 0.393. The monoisotopic (exact) mass is 484 g/mol. The van der Waals surface area contributed by atoms with Gasteiger partial charge in [0.05, 0.1) is 18.7 Å². The lowest BCUT2D eigenvalue weighted by atomic mass is 9.94. The molecule has 3 aromatic rings. The van der Waals surface area contributed by atoms with E-state index in [2.05, 4.69) is 0 Å². The van der Waals surface area contributed by atoms with Gasteiger partial charge in [0.25, 0.3) is 0 Å². The summed E-state index contributed by atoms with van der Waals surface area (Å²) < 4.78 is 47.1. The SMILES string of the molecule is O=C(COCc1ccccc1)N(Cc1cccn1Cc1cccc(C(F)(F)F)c1)C1CCCCC1. The second kappa shape index (κ2) is 11.6. The molecule has 7 heteroatoms. The Labute approximate surface area is 204 Å². The van der Waals surface area contributed by atoms with E-state index in [1.54, 1.807) is 6.07 Å². The predicted molar refractivity (Wildman–Crippen MR) is 128 cm³/mol. The summed E-state index contributed by atoms with van der Waals surface area (Å²) >= 11 is 0. The molecule has 1 saturated carbocycles. The van der Waals surface area contributed by atoms with Crippen LogP contribution in [0.1, 0.15) is 54.5 Å². The maximum Gasteiger partial charge on any atom is 0.416 e. The lowest BCUT2D eigenvalue weighted by Crippen LogP contribution is -2.43. The Morgan fingerprint density at radius 1 is 0.943 bits per heavy atom. The van der Waals surface area contributed by atoms with Gasteiger partial charge in [-0.2, -0.15) is 13.2 Å². The molecule has 0 spiro atoms. The van der Waals surface area contributed by atoms with Gasteiger partial charge in [-0.3, -0.25) is 4.79 Å². The number of carbonyl (C=O) groups excluding carboxylic acids is 1. The molecule has 0 unspecified atom stereocenters. The highest BCUT2D eigenvalue weighted by molar-refractivity contribution is 5.77. The Morgan fingerprint density at radius 3 is 2.43 bits per heavy atom. The normalized spacial score (nSPS) is 14.7. The topological polar surface area (TPSA) is 34.5 Å². The molecule has 0 radical (unpaired) electrons. The average molecular weight is 485 g/mol. The largest absolute Gasteiger partial charge is 0.416 e. The van der Waals surface area contributed by atoms with Gasteiger partial charge < -0.3 is 14.2 Å². The summed E-state index contributed by atoms with van der Waals surface area (Å²) in [5.74, 6) is -0.0559. The quantitative estimate of drug-likeness (QED) is 0.351. The number of aromatic nitrogens is 1. The van der Waals surface area contributed by atoms with E-state index < -0.39 is 11.7 Å². The summed E-state index contributed by atoms with van der Waals surface area (Å²) in [6, 6.07) is 19.1. The van der Waals surface area contributed by atoms with Gasteiger partial charge in [0.1, 0.15) is 6.61 Å². The molecule has 1 aliphatic rings. The van der Waals surface area contributed by atoms with Crippen molar-refractivity contribution in [1.29, 1.82) is 0 Å². The second-order valence-corrected chi connectivity index (χ2v) is 9.12. The van der Waals surface area contributed by atoms with Crippen LogP contribution in [0.3, 0.4) is 0 Å². The van der Waals surface area contributed by atoms with E-state index in [4.69, 9.17) is 4.74 Å². The smallest absolute Gasteiger partial charge is 0.367 e. The molecule has 2 aromatic carbocycles. The zero-order valence-electron chi connectivity index (χ0n) is 19.7. The first kappa shape index (κ1) is 25.0. The van der Waals surface area contributed by atoms with E-state index in [1.807, 2.05) is 58.1 Å². The number of hydrogen-bond acceptors (Lipinski definition) is 2. The first-order valence-electron chi connectivity index (χ1n) is 12.1. The highest BCUT2D eigenvalue weighted by Crippen LogP contribution is 2.30. The van der Waals surface area contributed by atoms with E-state index >= 15 is 0 Å². The van der Waals surface area contributed by atoms with Gasteiger partial charge in [0.2, 0.25) is 5.91 Å². The Kier molecular flexibility index (Phi) is 8.29. The predicted octanol–water partition coefficient (Wildman–Crippen LogP) is 6.43. The third-order valence-electron chi connectivity index (χ3n) is 6.54. The van der Waals surface area contributed by atoms with Crippen molar-refractivity contribution in [1.82, 2.24) is 9.47 Å². The molecule has 1 amide bonds. The number of halogens is 3. The first-order valence-corrected chi connectivity index (χ1v) is 12.1. The molecule has 186 valence electrons. The summed E-state index contributed by atoms with van der Waals surface area (Å²) in [5.41, 5.74) is 1.82. The number of benzene rings is 2. The third kappa shape index (κ3) is 6.98. The molecule has 0 aliphatic heterocycles. The molecule has 1 fully saturated rings. The standard InChI is InChI=1S/C28H31F3N2O2/c29-28(30,31)24-12-7-11-23(17-24)18-32-16-8-15-26(32)19-33(25-13-5-2-6-14-25)27(34)21-35-20-22-9-3-1-4-10-22/h1,3-4,7-12,15-17,25H,2,5-6,13-14,18-21H2. The zero-order valence-corrected chi connectivity index (χ0v) is 19.7. The van der Waals surface area contributed by atoms with Crippen LogP contribution in [0.25, 0.3) is 0 Å². The number of ether oxygens (including phenoxy) is 1. The molecule has 35 heavy (non-hydrogen) atoms. The number of amides is 1. The Morgan fingerprint density at radius 2 is 1.69 bits per heavy atom. The maximum atomic E-state index is 13.3. The molecule has 1 aromatic heterocycles. The minimum atomic E-state index is -4.38. The van der Waals surface area contributed by atoms with Crippen molar-refractivity contribution < 1.29 is 22.7 Å². The van der Waals surface area contributed by atoms with E-state index in [1.165, 1.54) is 18.6 Å². The van der Waals surface area contributed by atoms with E-state index in [0.717, 1.165) is 43.0 Å². The van der Waals surface area contributed by atoms with Crippen LogP contribution >= 0.6 is 0 Å². The van der Waals surface area contributed by atoms with Gasteiger partial charge in [0, 0.05) is 24.5 Å². The highest BCUT2D eigenvalue weighted by Gasteiger charge is 2.30. The van der Waals surface area contributed by atoms with Crippen LogP contribution in [0, 0.1) is 0 Å². The molecular weight excluding hydrogens is 453 g/mol. The minimum Gasteiger partial charge on any atom is -0.367 e. The van der Waals surface area contributed by atoms with Gasteiger partial charge in [-0.05, 0) is 48.2 Å². The number of alkyl halides is 3. The van der Waals surface area contributed by atoms with Gasteiger partial charge in [-0.1, -0.05) is 61.7 Å². The van der Waals surface area contributed by atoms with Crippen LogP contribution in [0.15, 0.2) is 72.9 Å². The lowest BCUT2D eigenvalue weighted by molar-refractivity contribution is -0.140. The second-order valence-electron chi connectivity index (χ2n) is 9.12. The summed E-state index contributed by atoms with van der Waals surface area (Å²) in [4.78, 5) is 15.2. The fourth-order valence-electron chi connectivity index (χ4n) is 4.69. The summed E-state index contributed by atoms with van der Waals surface area (Å²) in [6.45, 7) is 1.09. The Balaban J connectivity index is 1.46. The molecule has 4 nitrogen and oxygen atoms in total. The van der Waals surface area contributed by atoms with Crippen LogP contribution in [0.2, 0.25) is 0 Å². The molecule has 1 heterocycles. The van der Waals surface area contributed by atoms with Crippen molar-refractivity contribution >= 4 is 5.91 Å². The minimum absolute atomic E-state index is 0.000267. The van der Waals surface area contributed by atoms with Crippen molar-refractivity contribution in [3.8, 4) is 0 Å². The molecular formula is C28H31F3N2O2. The van der Waals surface area contributed by atoms with Crippen molar-refractivity contribution in [3.63, 3.8) is 0 Å². The van der Waals surface area contributed by atoms with Crippen molar-refractivity contribution in [2.45, 2.75) is 64.0 Å². The van der Waals surface area contributed by atoms with E-state index in [9.17, 15) is 18.0 Å². The average Bonchev–Trinajstić information content (AvgIpc) is 3.29. The summed E-state index contributed by atoms with van der Waals surface area (Å²) in [6.07, 6.45) is 2.74. The zero-order chi connectivity index (χ0) is 24.7. The Bertz CT molecular complexity index is 1090. The summed E-state index contributed by atoms with van der Waals surface area (Å²) in [5, 5.41) is 0. The molecule has 0 bridgehead atoms. The van der Waals surface area contributed by atoms with Crippen molar-refractivity contribution in [2.75, 3.05) is 6.61 Å². The fourth-order valence-corrected chi connectivity index (χ4v) is 4.69. The molecule has 0 N–H and O–H groups in total. The molecule has 1 aliphatic carbocycles. The Hall–Kier alpha value is -3.06. The number of nitrogens with zero attached hydrogens (tertiary/aromatic N) is 2. The molecule has 0 saturated heterocycles. The first-order chi connectivity index (χ1) is 16.9. The maximum absolute atomic E-state index is 13.3. The van der Waals surface area contributed by atoms with Crippen LogP contribution in [-0.2, 0) is 35.4 Å². The van der Waals surface area contributed by atoms with E-state index in [-0.39, 0.29) is 18.6 Å².